The SMILES string of the molecule is CC(C)=C[C@H]1C[C@H]([C@H]2CC[C@@]3(C)C4=CC[C@H]5C(C)(C)[C@@H](O)CC[C@]5(C)C4=CC[C@]23C)C(=O)O1. The molecule has 0 aromatic heterocycles. The van der Waals surface area contributed by atoms with E-state index in [1.54, 1.807) is 11.1 Å². The molecular formula is C30H44O3. The summed E-state index contributed by atoms with van der Waals surface area (Å²) in [6, 6.07) is 0. The molecule has 0 aromatic carbocycles. The lowest BCUT2D eigenvalue weighted by Crippen LogP contribution is -2.54. The molecule has 0 spiro atoms. The Morgan fingerprint density at radius 2 is 1.79 bits per heavy atom. The monoisotopic (exact) mass is 452 g/mol. The highest BCUT2D eigenvalue weighted by Crippen LogP contribution is 2.72. The van der Waals surface area contributed by atoms with Crippen molar-refractivity contribution >= 4 is 5.97 Å². The van der Waals surface area contributed by atoms with Crippen LogP contribution in [0.1, 0.15) is 93.4 Å². The van der Waals surface area contributed by atoms with Gasteiger partial charge in [-0.3, -0.25) is 4.79 Å². The van der Waals surface area contributed by atoms with E-state index >= 15 is 0 Å². The first-order valence-corrected chi connectivity index (χ1v) is 13.3. The molecule has 0 aromatic rings. The van der Waals surface area contributed by atoms with Gasteiger partial charge in [0.1, 0.15) is 6.10 Å². The molecule has 182 valence electrons. The van der Waals surface area contributed by atoms with Crippen molar-refractivity contribution in [2.75, 3.05) is 0 Å². The molecule has 1 N–H and O–H groups in total. The van der Waals surface area contributed by atoms with Crippen LogP contribution >= 0.6 is 0 Å². The zero-order valence-corrected chi connectivity index (χ0v) is 21.8. The maximum Gasteiger partial charge on any atom is 0.309 e. The highest BCUT2D eigenvalue weighted by Gasteiger charge is 2.64. The van der Waals surface area contributed by atoms with E-state index in [-0.39, 0.29) is 45.8 Å². The topological polar surface area (TPSA) is 46.5 Å². The number of hydrogen-bond acceptors (Lipinski definition) is 3. The van der Waals surface area contributed by atoms with Crippen LogP contribution in [0.2, 0.25) is 0 Å². The number of aliphatic hydroxyl groups is 1. The summed E-state index contributed by atoms with van der Waals surface area (Å²) in [6.45, 7) is 16.1. The normalized spacial score (nSPS) is 48.1. The third-order valence-electron chi connectivity index (χ3n) is 11.3. The molecule has 0 radical (unpaired) electrons. The predicted molar refractivity (Wildman–Crippen MR) is 132 cm³/mol. The van der Waals surface area contributed by atoms with Gasteiger partial charge in [-0.05, 0) is 103 Å². The predicted octanol–water partition coefficient (Wildman–Crippen LogP) is 6.77. The van der Waals surface area contributed by atoms with Gasteiger partial charge in [0.05, 0.1) is 12.0 Å². The van der Waals surface area contributed by atoms with E-state index in [9.17, 15) is 9.90 Å². The second kappa shape index (κ2) is 7.33. The molecule has 0 unspecified atom stereocenters. The average molecular weight is 453 g/mol. The quantitative estimate of drug-likeness (QED) is 0.371. The molecule has 3 heteroatoms. The van der Waals surface area contributed by atoms with Crippen LogP contribution in [0, 0.1) is 39.4 Å². The van der Waals surface area contributed by atoms with Crippen LogP contribution < -0.4 is 0 Å². The van der Waals surface area contributed by atoms with Gasteiger partial charge in [-0.1, -0.05) is 52.3 Å². The summed E-state index contributed by atoms with van der Waals surface area (Å²) in [5, 5.41) is 10.8. The third-order valence-corrected chi connectivity index (χ3v) is 11.3. The van der Waals surface area contributed by atoms with Crippen LogP contribution in [0.25, 0.3) is 0 Å². The maximum absolute atomic E-state index is 13.0. The Morgan fingerprint density at radius 1 is 1.06 bits per heavy atom. The van der Waals surface area contributed by atoms with Crippen molar-refractivity contribution in [3.05, 3.63) is 34.9 Å². The van der Waals surface area contributed by atoms with Crippen LogP contribution in [-0.2, 0) is 9.53 Å². The molecule has 0 amide bonds. The number of ether oxygens (including phenoxy) is 1. The van der Waals surface area contributed by atoms with Crippen LogP contribution in [0.5, 0.6) is 0 Å². The fourth-order valence-electron chi connectivity index (χ4n) is 9.11. The zero-order valence-electron chi connectivity index (χ0n) is 21.8. The smallest absolute Gasteiger partial charge is 0.309 e. The first kappa shape index (κ1) is 23.4. The van der Waals surface area contributed by atoms with Crippen molar-refractivity contribution in [2.24, 2.45) is 39.4 Å². The Bertz CT molecular complexity index is 950. The fraction of sp³-hybridized carbons (Fsp3) is 0.767. The Morgan fingerprint density at radius 3 is 2.48 bits per heavy atom. The van der Waals surface area contributed by atoms with Crippen molar-refractivity contribution in [2.45, 2.75) is 106 Å². The number of cyclic esters (lactones) is 1. The summed E-state index contributed by atoms with van der Waals surface area (Å²) in [7, 11) is 0. The number of esters is 1. The summed E-state index contributed by atoms with van der Waals surface area (Å²) in [5.41, 5.74) is 4.60. The largest absolute Gasteiger partial charge is 0.458 e. The van der Waals surface area contributed by atoms with Crippen molar-refractivity contribution < 1.29 is 14.6 Å². The average Bonchev–Trinajstić information content (AvgIpc) is 3.20. The van der Waals surface area contributed by atoms with Crippen LogP contribution in [0.3, 0.4) is 0 Å². The van der Waals surface area contributed by atoms with Gasteiger partial charge < -0.3 is 9.84 Å². The van der Waals surface area contributed by atoms with Gasteiger partial charge in [0.15, 0.2) is 0 Å². The second-order valence-corrected chi connectivity index (χ2v) is 13.5. The number of carbonyl (C=O) groups is 1. The van der Waals surface area contributed by atoms with E-state index in [0.717, 1.165) is 44.9 Å². The molecule has 1 saturated heterocycles. The minimum absolute atomic E-state index is 0.0173. The van der Waals surface area contributed by atoms with Gasteiger partial charge in [0.25, 0.3) is 0 Å². The summed E-state index contributed by atoms with van der Waals surface area (Å²) in [5.74, 6) is 0.891. The summed E-state index contributed by atoms with van der Waals surface area (Å²) in [4.78, 5) is 13.0. The maximum atomic E-state index is 13.0. The van der Waals surface area contributed by atoms with E-state index in [4.69, 9.17) is 4.74 Å². The fourth-order valence-corrected chi connectivity index (χ4v) is 9.11. The van der Waals surface area contributed by atoms with Crippen molar-refractivity contribution in [1.29, 1.82) is 0 Å². The van der Waals surface area contributed by atoms with Gasteiger partial charge in [0, 0.05) is 6.42 Å². The molecule has 3 nitrogen and oxygen atoms in total. The Balaban J connectivity index is 1.50. The van der Waals surface area contributed by atoms with E-state index in [0.29, 0.717) is 11.8 Å². The van der Waals surface area contributed by atoms with Crippen molar-refractivity contribution in [3.63, 3.8) is 0 Å². The van der Waals surface area contributed by atoms with Crippen LogP contribution in [0.15, 0.2) is 34.9 Å². The van der Waals surface area contributed by atoms with E-state index in [2.05, 4.69) is 66.7 Å². The Labute approximate surface area is 200 Å². The Kier molecular flexibility index (Phi) is 5.19. The highest BCUT2D eigenvalue weighted by atomic mass is 16.5. The van der Waals surface area contributed by atoms with Gasteiger partial charge in [-0.25, -0.2) is 0 Å². The molecular weight excluding hydrogens is 408 g/mol. The molecule has 33 heavy (non-hydrogen) atoms. The number of aliphatic hydroxyl groups excluding tert-OH is 1. The van der Waals surface area contributed by atoms with Gasteiger partial charge >= 0.3 is 5.97 Å². The molecule has 3 fully saturated rings. The first-order valence-electron chi connectivity index (χ1n) is 13.3. The number of allylic oxidation sites excluding steroid dienone is 5. The van der Waals surface area contributed by atoms with Crippen molar-refractivity contribution in [3.8, 4) is 0 Å². The lowest BCUT2D eigenvalue weighted by atomic mass is 9.44. The summed E-state index contributed by atoms with van der Waals surface area (Å²) < 4.78 is 5.81. The van der Waals surface area contributed by atoms with Gasteiger partial charge in [-0.15, -0.1) is 0 Å². The molecule has 4 aliphatic carbocycles. The number of hydrogen-bond donors (Lipinski definition) is 1. The number of fused-ring (bicyclic) bond motifs is 5. The second-order valence-electron chi connectivity index (χ2n) is 13.5. The molecule has 5 aliphatic rings. The van der Waals surface area contributed by atoms with Crippen LogP contribution in [-0.4, -0.2) is 23.3 Å². The lowest BCUT2D eigenvalue weighted by Gasteiger charge is -2.61. The number of carbonyl (C=O) groups excluding carboxylic acids is 1. The van der Waals surface area contributed by atoms with Gasteiger partial charge in [-0.2, -0.15) is 0 Å². The Hall–Kier alpha value is -1.35. The molecule has 1 heterocycles. The van der Waals surface area contributed by atoms with E-state index < -0.39 is 0 Å². The first-order chi connectivity index (χ1) is 15.3. The lowest BCUT2D eigenvalue weighted by molar-refractivity contribution is -0.145. The minimum atomic E-state index is -0.214. The van der Waals surface area contributed by atoms with E-state index in [1.807, 2.05) is 0 Å². The van der Waals surface area contributed by atoms with Crippen LogP contribution in [0.4, 0.5) is 0 Å². The molecule has 0 bridgehead atoms. The van der Waals surface area contributed by atoms with Crippen molar-refractivity contribution in [1.82, 2.24) is 0 Å². The molecule has 5 rings (SSSR count). The highest BCUT2D eigenvalue weighted by molar-refractivity contribution is 5.75. The molecule has 2 saturated carbocycles. The summed E-state index contributed by atoms with van der Waals surface area (Å²) >= 11 is 0. The summed E-state index contributed by atoms with van der Waals surface area (Å²) in [6.07, 6.45) is 14.1. The standard InChI is InChI=1S/C30H44O3/c1-18(2)16-19-17-20(26(32)33-19)21-10-14-30(7)23-8-9-24-27(3,4)25(31)12-13-28(24,5)22(23)11-15-29(21,30)6/h8,11,16,19-21,24-25,31H,9-10,12-15,17H2,1-7H3/t19-,20+,21+,24-,25-,28+,29+,30-/m0/s1. The third kappa shape index (κ3) is 3.06. The molecule has 8 atom stereocenters. The zero-order chi connectivity index (χ0) is 24.0. The molecule has 1 aliphatic heterocycles. The van der Waals surface area contributed by atoms with Gasteiger partial charge in [0.2, 0.25) is 0 Å². The van der Waals surface area contributed by atoms with E-state index in [1.165, 1.54) is 5.57 Å². The number of rotatable bonds is 2. The minimum Gasteiger partial charge on any atom is -0.458 e.